The predicted molar refractivity (Wildman–Crippen MR) is 73.6 cm³/mol. The van der Waals surface area contributed by atoms with Crippen molar-refractivity contribution in [2.75, 3.05) is 6.61 Å². The molecule has 0 radical (unpaired) electrons. The molecule has 4 heteroatoms. The van der Waals surface area contributed by atoms with Gasteiger partial charge in [0.1, 0.15) is 5.75 Å². The number of fused-ring (bicyclic) bond motifs is 1. The number of ether oxygens (including phenoxy) is 1. The predicted octanol–water partition coefficient (Wildman–Crippen LogP) is 2.96. The lowest BCUT2D eigenvalue weighted by atomic mass is 10.0. The SMILES string of the molecule is CCOc1ccc2nc(C)cc(CCC(=O)O)c2c1. The summed E-state index contributed by atoms with van der Waals surface area (Å²) in [6.45, 7) is 4.46. The third-order valence-electron chi connectivity index (χ3n) is 2.91. The number of pyridine rings is 1. The molecule has 0 atom stereocenters. The van der Waals surface area contributed by atoms with Gasteiger partial charge in [0.2, 0.25) is 0 Å². The maximum Gasteiger partial charge on any atom is 0.303 e. The number of carboxylic acids is 1. The van der Waals surface area contributed by atoms with Crippen molar-refractivity contribution in [1.82, 2.24) is 4.98 Å². The number of aromatic nitrogens is 1. The lowest BCUT2D eigenvalue weighted by Gasteiger charge is -2.09. The van der Waals surface area contributed by atoms with E-state index in [1.807, 2.05) is 38.1 Å². The Morgan fingerprint density at radius 1 is 1.37 bits per heavy atom. The van der Waals surface area contributed by atoms with Crippen LogP contribution in [0.1, 0.15) is 24.6 Å². The van der Waals surface area contributed by atoms with Gasteiger partial charge in [-0.3, -0.25) is 9.78 Å². The van der Waals surface area contributed by atoms with E-state index in [9.17, 15) is 4.79 Å². The van der Waals surface area contributed by atoms with Gasteiger partial charge in [0, 0.05) is 17.5 Å². The Hall–Kier alpha value is -2.10. The molecule has 0 fully saturated rings. The van der Waals surface area contributed by atoms with Gasteiger partial charge in [0.05, 0.1) is 12.1 Å². The molecule has 1 N–H and O–H groups in total. The van der Waals surface area contributed by atoms with Gasteiger partial charge in [-0.05, 0) is 50.1 Å². The summed E-state index contributed by atoms with van der Waals surface area (Å²) in [6, 6.07) is 7.68. The Kier molecular flexibility index (Phi) is 4.00. The highest BCUT2D eigenvalue weighted by Crippen LogP contribution is 2.24. The number of aliphatic carboxylic acids is 1. The Morgan fingerprint density at radius 3 is 2.84 bits per heavy atom. The molecule has 0 aliphatic rings. The first-order chi connectivity index (χ1) is 9.10. The molecule has 1 heterocycles. The summed E-state index contributed by atoms with van der Waals surface area (Å²) >= 11 is 0. The van der Waals surface area contributed by atoms with E-state index in [2.05, 4.69) is 4.98 Å². The molecule has 0 bridgehead atoms. The van der Waals surface area contributed by atoms with Crippen LogP contribution >= 0.6 is 0 Å². The van der Waals surface area contributed by atoms with Crippen molar-refractivity contribution < 1.29 is 14.6 Å². The van der Waals surface area contributed by atoms with Crippen molar-refractivity contribution in [3.8, 4) is 5.75 Å². The Balaban J connectivity index is 2.46. The maximum atomic E-state index is 10.7. The summed E-state index contributed by atoms with van der Waals surface area (Å²) < 4.78 is 5.48. The Bertz CT molecular complexity index is 608. The number of aryl methyl sites for hydroxylation is 2. The highest BCUT2D eigenvalue weighted by molar-refractivity contribution is 5.84. The van der Waals surface area contributed by atoms with E-state index in [1.165, 1.54) is 0 Å². The topological polar surface area (TPSA) is 59.4 Å². The van der Waals surface area contributed by atoms with E-state index in [0.29, 0.717) is 13.0 Å². The summed E-state index contributed by atoms with van der Waals surface area (Å²) in [4.78, 5) is 15.2. The number of nitrogens with zero attached hydrogens (tertiary/aromatic N) is 1. The second-order valence-corrected chi connectivity index (χ2v) is 4.43. The Labute approximate surface area is 112 Å². The van der Waals surface area contributed by atoms with Gasteiger partial charge in [0.25, 0.3) is 0 Å². The summed E-state index contributed by atoms with van der Waals surface area (Å²) in [5.74, 6) is 0.000746. The van der Waals surface area contributed by atoms with Crippen LogP contribution in [0, 0.1) is 6.92 Å². The molecule has 0 unspecified atom stereocenters. The van der Waals surface area contributed by atoms with E-state index in [1.54, 1.807) is 0 Å². The second-order valence-electron chi connectivity index (χ2n) is 4.43. The van der Waals surface area contributed by atoms with Crippen LogP contribution in [-0.4, -0.2) is 22.7 Å². The molecule has 2 rings (SSSR count). The van der Waals surface area contributed by atoms with E-state index < -0.39 is 5.97 Å². The minimum Gasteiger partial charge on any atom is -0.494 e. The average Bonchev–Trinajstić information content (AvgIpc) is 2.36. The van der Waals surface area contributed by atoms with Gasteiger partial charge in [-0.2, -0.15) is 0 Å². The van der Waals surface area contributed by atoms with Gasteiger partial charge < -0.3 is 9.84 Å². The zero-order chi connectivity index (χ0) is 13.8. The first-order valence-corrected chi connectivity index (χ1v) is 6.35. The van der Waals surface area contributed by atoms with Crippen molar-refractivity contribution in [2.45, 2.75) is 26.7 Å². The molecule has 0 aliphatic heterocycles. The monoisotopic (exact) mass is 259 g/mol. The number of carbonyl (C=O) groups is 1. The van der Waals surface area contributed by atoms with Gasteiger partial charge in [0.15, 0.2) is 0 Å². The first-order valence-electron chi connectivity index (χ1n) is 6.35. The smallest absolute Gasteiger partial charge is 0.303 e. The Morgan fingerprint density at radius 2 is 2.16 bits per heavy atom. The molecule has 4 nitrogen and oxygen atoms in total. The summed E-state index contributed by atoms with van der Waals surface area (Å²) in [5, 5.41) is 9.78. The number of hydrogen-bond donors (Lipinski definition) is 1. The highest BCUT2D eigenvalue weighted by atomic mass is 16.5. The van der Waals surface area contributed by atoms with Crippen LogP contribution in [0.15, 0.2) is 24.3 Å². The van der Waals surface area contributed by atoms with E-state index in [-0.39, 0.29) is 6.42 Å². The molecular weight excluding hydrogens is 242 g/mol. The van der Waals surface area contributed by atoms with Crippen molar-refractivity contribution in [2.24, 2.45) is 0 Å². The molecule has 0 amide bonds. The lowest BCUT2D eigenvalue weighted by Crippen LogP contribution is -2.00. The molecular formula is C15H17NO3. The normalized spacial score (nSPS) is 10.6. The van der Waals surface area contributed by atoms with Crippen LogP contribution in [0.3, 0.4) is 0 Å². The molecule has 2 aromatic rings. The van der Waals surface area contributed by atoms with Crippen LogP contribution in [0.5, 0.6) is 5.75 Å². The minimum absolute atomic E-state index is 0.122. The molecule has 1 aromatic heterocycles. The van der Waals surface area contributed by atoms with Crippen molar-refractivity contribution in [3.63, 3.8) is 0 Å². The minimum atomic E-state index is -0.788. The van der Waals surface area contributed by atoms with Crippen LogP contribution in [-0.2, 0) is 11.2 Å². The van der Waals surface area contributed by atoms with E-state index >= 15 is 0 Å². The quantitative estimate of drug-likeness (QED) is 0.896. The number of carboxylic acid groups (broad SMARTS) is 1. The fourth-order valence-corrected chi connectivity index (χ4v) is 2.13. The van der Waals surface area contributed by atoms with Crippen LogP contribution in [0.2, 0.25) is 0 Å². The van der Waals surface area contributed by atoms with Crippen LogP contribution in [0.25, 0.3) is 10.9 Å². The van der Waals surface area contributed by atoms with E-state index in [0.717, 1.165) is 27.9 Å². The molecule has 1 aromatic carbocycles. The zero-order valence-corrected chi connectivity index (χ0v) is 11.1. The molecule has 19 heavy (non-hydrogen) atoms. The molecule has 100 valence electrons. The van der Waals surface area contributed by atoms with Crippen molar-refractivity contribution in [3.05, 3.63) is 35.5 Å². The third-order valence-corrected chi connectivity index (χ3v) is 2.91. The summed E-state index contributed by atoms with van der Waals surface area (Å²) in [7, 11) is 0. The molecule has 0 saturated heterocycles. The average molecular weight is 259 g/mol. The number of benzene rings is 1. The third kappa shape index (κ3) is 3.22. The standard InChI is InChI=1S/C15H17NO3/c1-3-19-12-5-6-14-13(9-12)11(4-7-15(17)18)8-10(2)16-14/h5-6,8-9H,3-4,7H2,1-2H3,(H,17,18). The van der Waals surface area contributed by atoms with Crippen molar-refractivity contribution in [1.29, 1.82) is 0 Å². The van der Waals surface area contributed by atoms with E-state index in [4.69, 9.17) is 9.84 Å². The molecule has 0 aliphatic carbocycles. The fraction of sp³-hybridized carbons (Fsp3) is 0.333. The maximum absolute atomic E-state index is 10.7. The number of rotatable bonds is 5. The zero-order valence-electron chi connectivity index (χ0n) is 11.1. The summed E-state index contributed by atoms with van der Waals surface area (Å²) in [5.41, 5.74) is 2.78. The highest BCUT2D eigenvalue weighted by Gasteiger charge is 2.07. The van der Waals surface area contributed by atoms with Gasteiger partial charge in [-0.1, -0.05) is 0 Å². The summed E-state index contributed by atoms with van der Waals surface area (Å²) in [6.07, 6.45) is 0.627. The van der Waals surface area contributed by atoms with Crippen LogP contribution < -0.4 is 4.74 Å². The number of hydrogen-bond acceptors (Lipinski definition) is 3. The molecule has 0 saturated carbocycles. The van der Waals surface area contributed by atoms with Gasteiger partial charge >= 0.3 is 5.97 Å². The molecule has 0 spiro atoms. The fourth-order valence-electron chi connectivity index (χ4n) is 2.13. The first kappa shape index (κ1) is 13.3. The van der Waals surface area contributed by atoms with Gasteiger partial charge in [-0.15, -0.1) is 0 Å². The van der Waals surface area contributed by atoms with Crippen molar-refractivity contribution >= 4 is 16.9 Å². The van der Waals surface area contributed by atoms with Gasteiger partial charge in [-0.25, -0.2) is 0 Å². The van der Waals surface area contributed by atoms with Crippen LogP contribution in [0.4, 0.5) is 0 Å². The second kappa shape index (κ2) is 5.69. The lowest BCUT2D eigenvalue weighted by molar-refractivity contribution is -0.136. The largest absolute Gasteiger partial charge is 0.494 e.